The molecule has 10 heteroatoms. The van der Waals surface area contributed by atoms with Crippen LogP contribution in [0.2, 0.25) is 0 Å². The Balaban J connectivity index is 1.34. The summed E-state index contributed by atoms with van der Waals surface area (Å²) in [4.78, 5) is 48.9. The maximum atomic E-state index is 12.9. The van der Waals surface area contributed by atoms with Crippen LogP contribution in [-0.4, -0.2) is 61.5 Å². The average molecular weight is 561 g/mol. The lowest BCUT2D eigenvalue weighted by atomic mass is 9.98. The number of ether oxygens (including phenoxy) is 3. The molecule has 10 nitrogen and oxygen atoms in total. The number of hydrogen-bond donors (Lipinski definition) is 3. The molecular weight excluding hydrogens is 528 g/mol. The fourth-order valence-corrected chi connectivity index (χ4v) is 4.59. The van der Waals surface area contributed by atoms with Gasteiger partial charge < -0.3 is 30.0 Å². The third kappa shape index (κ3) is 8.39. The summed E-state index contributed by atoms with van der Waals surface area (Å²) in [7, 11) is 0. The van der Waals surface area contributed by atoms with Crippen molar-refractivity contribution >= 4 is 23.9 Å². The third-order valence-corrected chi connectivity index (χ3v) is 6.57. The van der Waals surface area contributed by atoms with Gasteiger partial charge in [0.15, 0.2) is 0 Å². The lowest BCUT2D eigenvalue weighted by molar-refractivity contribution is -0.147. The highest BCUT2D eigenvalue weighted by molar-refractivity contribution is 5.89. The van der Waals surface area contributed by atoms with Crippen molar-refractivity contribution in [2.45, 2.75) is 31.4 Å². The minimum atomic E-state index is -1.26. The SMILES string of the molecule is O=C(O)CCOCCNC(=O)[C@H](CC(=O)OCc1ccccc1)NC(=O)OCC1c2ccccc2-c2ccccc21. The molecule has 3 aromatic carbocycles. The summed E-state index contributed by atoms with van der Waals surface area (Å²) in [6.45, 7) is 0.189. The minimum Gasteiger partial charge on any atom is -0.481 e. The fourth-order valence-electron chi connectivity index (χ4n) is 4.59. The predicted octanol–water partition coefficient (Wildman–Crippen LogP) is 3.63. The first-order valence-corrected chi connectivity index (χ1v) is 13.3. The van der Waals surface area contributed by atoms with Gasteiger partial charge in [-0.05, 0) is 27.8 Å². The molecule has 0 unspecified atom stereocenters. The van der Waals surface area contributed by atoms with Gasteiger partial charge in [0.05, 0.1) is 26.1 Å². The van der Waals surface area contributed by atoms with Crippen LogP contribution in [0.1, 0.15) is 35.4 Å². The van der Waals surface area contributed by atoms with Gasteiger partial charge in [0, 0.05) is 12.5 Å². The molecule has 0 saturated heterocycles. The molecule has 0 bridgehead atoms. The number of esters is 1. The van der Waals surface area contributed by atoms with Crippen molar-refractivity contribution in [1.29, 1.82) is 0 Å². The van der Waals surface area contributed by atoms with E-state index in [9.17, 15) is 19.2 Å². The topological polar surface area (TPSA) is 140 Å². The number of benzene rings is 3. The van der Waals surface area contributed by atoms with Crippen LogP contribution >= 0.6 is 0 Å². The summed E-state index contributed by atoms with van der Waals surface area (Å²) < 4.78 is 16.0. The first kappa shape index (κ1) is 29.3. The van der Waals surface area contributed by atoms with Gasteiger partial charge in [0.25, 0.3) is 0 Å². The molecule has 0 aliphatic heterocycles. The third-order valence-electron chi connectivity index (χ3n) is 6.57. The first-order valence-electron chi connectivity index (χ1n) is 13.3. The Morgan fingerprint density at radius 3 is 2.10 bits per heavy atom. The number of carbonyl (C=O) groups excluding carboxylic acids is 3. The van der Waals surface area contributed by atoms with Crippen molar-refractivity contribution in [3.63, 3.8) is 0 Å². The Labute approximate surface area is 237 Å². The Morgan fingerprint density at radius 2 is 1.44 bits per heavy atom. The Hall–Kier alpha value is -4.70. The normalized spacial score (nSPS) is 12.5. The Morgan fingerprint density at radius 1 is 0.805 bits per heavy atom. The van der Waals surface area contributed by atoms with E-state index in [0.717, 1.165) is 27.8 Å². The molecule has 1 atom stereocenters. The molecule has 0 heterocycles. The van der Waals surface area contributed by atoms with Gasteiger partial charge in [0.2, 0.25) is 5.91 Å². The monoisotopic (exact) mass is 560 g/mol. The molecule has 0 spiro atoms. The molecule has 0 fully saturated rings. The maximum absolute atomic E-state index is 12.9. The van der Waals surface area contributed by atoms with Crippen LogP contribution in [0.4, 0.5) is 4.79 Å². The highest BCUT2D eigenvalue weighted by atomic mass is 16.6. The van der Waals surface area contributed by atoms with E-state index >= 15 is 0 Å². The first-order chi connectivity index (χ1) is 19.9. The Bertz CT molecular complexity index is 1320. The lowest BCUT2D eigenvalue weighted by Crippen LogP contribution is -2.49. The van der Waals surface area contributed by atoms with Crippen molar-refractivity contribution in [1.82, 2.24) is 10.6 Å². The summed E-state index contributed by atoms with van der Waals surface area (Å²) in [5.74, 6) is -2.46. The number of amides is 2. The van der Waals surface area contributed by atoms with Crippen LogP contribution in [0.5, 0.6) is 0 Å². The predicted molar refractivity (Wildman–Crippen MR) is 149 cm³/mol. The van der Waals surface area contributed by atoms with E-state index < -0.39 is 36.4 Å². The van der Waals surface area contributed by atoms with Crippen molar-refractivity contribution < 1.29 is 38.5 Å². The van der Waals surface area contributed by atoms with Gasteiger partial charge in [-0.25, -0.2) is 4.79 Å². The maximum Gasteiger partial charge on any atom is 0.407 e. The second-order valence-corrected chi connectivity index (χ2v) is 9.42. The van der Waals surface area contributed by atoms with E-state index in [0.29, 0.717) is 0 Å². The zero-order chi connectivity index (χ0) is 29.0. The second kappa shape index (κ2) is 14.6. The summed E-state index contributed by atoms with van der Waals surface area (Å²) in [5, 5.41) is 13.8. The van der Waals surface area contributed by atoms with E-state index in [-0.39, 0.29) is 45.3 Å². The zero-order valence-corrected chi connectivity index (χ0v) is 22.4. The van der Waals surface area contributed by atoms with Crippen LogP contribution in [-0.2, 0) is 35.2 Å². The highest BCUT2D eigenvalue weighted by Gasteiger charge is 2.30. The van der Waals surface area contributed by atoms with Crippen molar-refractivity contribution in [3.8, 4) is 11.1 Å². The molecule has 0 saturated carbocycles. The smallest absolute Gasteiger partial charge is 0.407 e. The molecule has 0 radical (unpaired) electrons. The van der Waals surface area contributed by atoms with Crippen LogP contribution in [0.3, 0.4) is 0 Å². The van der Waals surface area contributed by atoms with Crippen LogP contribution < -0.4 is 10.6 Å². The molecule has 3 N–H and O–H groups in total. The van der Waals surface area contributed by atoms with E-state index in [1.54, 1.807) is 12.1 Å². The summed E-state index contributed by atoms with van der Waals surface area (Å²) in [6.07, 6.45) is -1.42. The van der Waals surface area contributed by atoms with Crippen LogP contribution in [0.15, 0.2) is 78.9 Å². The molecule has 41 heavy (non-hydrogen) atoms. The van der Waals surface area contributed by atoms with Crippen LogP contribution in [0, 0.1) is 0 Å². The largest absolute Gasteiger partial charge is 0.481 e. The Kier molecular flexibility index (Phi) is 10.4. The number of carbonyl (C=O) groups is 4. The van der Waals surface area contributed by atoms with E-state index in [2.05, 4.69) is 10.6 Å². The standard InChI is InChI=1S/C31H32N2O8/c34-28(35)14-16-39-17-15-32-30(37)27(18-29(36)40-19-21-8-2-1-3-9-21)33-31(38)41-20-26-24-12-6-4-10-22(24)23-11-5-7-13-25(23)26/h1-13,26-27H,14-20H2,(H,32,37)(H,33,38)(H,34,35)/t27-/m0/s1. The van der Waals surface area contributed by atoms with E-state index in [4.69, 9.17) is 19.3 Å². The van der Waals surface area contributed by atoms with Gasteiger partial charge >= 0.3 is 18.0 Å². The molecule has 4 rings (SSSR count). The van der Waals surface area contributed by atoms with Crippen molar-refractivity contribution in [2.75, 3.05) is 26.4 Å². The summed E-state index contributed by atoms with van der Waals surface area (Å²) in [5.41, 5.74) is 5.04. The molecule has 1 aliphatic rings. The number of carboxylic acids is 1. The molecular formula is C31H32N2O8. The summed E-state index contributed by atoms with van der Waals surface area (Å²) >= 11 is 0. The zero-order valence-electron chi connectivity index (χ0n) is 22.4. The van der Waals surface area contributed by atoms with Crippen LogP contribution in [0.25, 0.3) is 11.1 Å². The number of aliphatic carboxylic acids is 1. The molecule has 0 aromatic heterocycles. The van der Waals surface area contributed by atoms with Gasteiger partial charge in [-0.3, -0.25) is 14.4 Å². The minimum absolute atomic E-state index is 0.00154. The van der Waals surface area contributed by atoms with E-state index in [1.807, 2.05) is 66.7 Å². The van der Waals surface area contributed by atoms with Gasteiger partial charge in [-0.15, -0.1) is 0 Å². The van der Waals surface area contributed by atoms with E-state index in [1.165, 1.54) is 0 Å². The molecule has 1 aliphatic carbocycles. The average Bonchev–Trinajstić information content (AvgIpc) is 3.30. The molecule has 2 amide bonds. The second-order valence-electron chi connectivity index (χ2n) is 9.42. The number of alkyl carbamates (subject to hydrolysis) is 1. The number of fused-ring (bicyclic) bond motifs is 3. The van der Waals surface area contributed by atoms with Gasteiger partial charge in [-0.1, -0.05) is 78.9 Å². The fraction of sp³-hybridized carbons (Fsp3) is 0.290. The summed E-state index contributed by atoms with van der Waals surface area (Å²) in [6, 6.07) is 23.7. The number of nitrogens with one attached hydrogen (secondary N) is 2. The molecule has 3 aromatic rings. The number of rotatable bonds is 14. The van der Waals surface area contributed by atoms with Crippen molar-refractivity contribution in [2.24, 2.45) is 0 Å². The van der Waals surface area contributed by atoms with Gasteiger partial charge in [-0.2, -0.15) is 0 Å². The quantitative estimate of drug-likeness (QED) is 0.201. The highest BCUT2D eigenvalue weighted by Crippen LogP contribution is 2.44. The number of hydrogen-bond acceptors (Lipinski definition) is 7. The lowest BCUT2D eigenvalue weighted by Gasteiger charge is -2.19. The van der Waals surface area contributed by atoms with Gasteiger partial charge in [0.1, 0.15) is 19.3 Å². The number of carboxylic acid groups (broad SMARTS) is 1. The van der Waals surface area contributed by atoms with Crippen molar-refractivity contribution in [3.05, 3.63) is 95.6 Å². The molecule has 214 valence electrons.